The van der Waals surface area contributed by atoms with Crippen molar-refractivity contribution in [3.63, 3.8) is 0 Å². The molecule has 0 saturated carbocycles. The number of halogens is 2. The van der Waals surface area contributed by atoms with E-state index in [1.807, 2.05) is 0 Å². The number of benzene rings is 1. The van der Waals surface area contributed by atoms with Gasteiger partial charge in [0.15, 0.2) is 0 Å². The molecule has 1 aromatic carbocycles. The topological polar surface area (TPSA) is 84.2 Å². The largest absolute Gasteiger partial charge is 0.478 e. The number of carboxylic acids is 1. The van der Waals surface area contributed by atoms with Gasteiger partial charge in [0.2, 0.25) is 0 Å². The van der Waals surface area contributed by atoms with Crippen molar-refractivity contribution in [3.8, 4) is 0 Å². The van der Waals surface area contributed by atoms with Crippen LogP contribution in [0.25, 0.3) is 0 Å². The summed E-state index contributed by atoms with van der Waals surface area (Å²) >= 11 is 0. The molecule has 2 N–H and O–H groups in total. The molecule has 1 aromatic heterocycles. The summed E-state index contributed by atoms with van der Waals surface area (Å²) in [5.41, 5.74) is 0.462. The second-order valence-corrected chi connectivity index (χ2v) is 4.13. The van der Waals surface area contributed by atoms with E-state index in [4.69, 9.17) is 5.11 Å². The molecule has 1 amide bonds. The van der Waals surface area contributed by atoms with Crippen LogP contribution >= 0.6 is 0 Å². The molecule has 1 heterocycles. The van der Waals surface area contributed by atoms with Crippen LogP contribution < -0.4 is 5.32 Å². The summed E-state index contributed by atoms with van der Waals surface area (Å²) in [7, 11) is 0. The molecule has 0 spiro atoms. The van der Waals surface area contributed by atoms with Gasteiger partial charge in [-0.05, 0) is 11.6 Å². The fourth-order valence-corrected chi connectivity index (χ4v) is 1.72. The van der Waals surface area contributed by atoms with E-state index in [0.29, 0.717) is 10.2 Å². The van der Waals surface area contributed by atoms with Gasteiger partial charge in [0.1, 0.15) is 0 Å². The van der Waals surface area contributed by atoms with Crippen LogP contribution in [0.4, 0.5) is 8.78 Å². The third-order valence-corrected chi connectivity index (χ3v) is 2.75. The van der Waals surface area contributed by atoms with E-state index in [2.05, 4.69) is 10.4 Å². The van der Waals surface area contributed by atoms with Gasteiger partial charge in [-0.2, -0.15) is 13.9 Å². The molecule has 0 radical (unpaired) electrons. The predicted molar refractivity (Wildman–Crippen MR) is 68.1 cm³/mol. The van der Waals surface area contributed by atoms with Gasteiger partial charge in [-0.1, -0.05) is 18.2 Å². The lowest BCUT2D eigenvalue weighted by atomic mass is 10.1. The van der Waals surface area contributed by atoms with Gasteiger partial charge in [-0.3, -0.25) is 4.79 Å². The normalized spacial score (nSPS) is 10.6. The first kappa shape index (κ1) is 14.6. The van der Waals surface area contributed by atoms with E-state index in [9.17, 15) is 18.4 Å². The van der Waals surface area contributed by atoms with E-state index in [1.165, 1.54) is 6.07 Å². The van der Waals surface area contributed by atoms with Gasteiger partial charge < -0.3 is 10.4 Å². The smallest absolute Gasteiger partial charge is 0.336 e. The second-order valence-electron chi connectivity index (χ2n) is 4.13. The van der Waals surface area contributed by atoms with E-state index in [-0.39, 0.29) is 17.7 Å². The first-order valence-electron chi connectivity index (χ1n) is 5.90. The zero-order valence-electron chi connectivity index (χ0n) is 10.7. The first-order chi connectivity index (χ1) is 9.99. The number of rotatable bonds is 5. The Morgan fingerprint density at radius 3 is 2.67 bits per heavy atom. The van der Waals surface area contributed by atoms with Crippen LogP contribution in [0.1, 0.15) is 32.8 Å². The number of aromatic carboxylic acids is 1. The van der Waals surface area contributed by atoms with Crippen molar-refractivity contribution in [1.82, 2.24) is 15.1 Å². The van der Waals surface area contributed by atoms with E-state index in [0.717, 1.165) is 12.4 Å². The van der Waals surface area contributed by atoms with Crippen LogP contribution in [-0.4, -0.2) is 26.8 Å². The van der Waals surface area contributed by atoms with E-state index >= 15 is 0 Å². The van der Waals surface area contributed by atoms with Gasteiger partial charge in [0, 0.05) is 12.7 Å². The Labute approximate surface area is 118 Å². The zero-order chi connectivity index (χ0) is 15.4. The SMILES string of the molecule is O=C(NCc1ccccc1C(=O)O)c1cnn(C(F)F)c1. The number of aromatic nitrogens is 2. The lowest BCUT2D eigenvalue weighted by Gasteiger charge is -2.07. The van der Waals surface area contributed by atoms with Gasteiger partial charge in [-0.25, -0.2) is 9.48 Å². The number of carboxylic acid groups (broad SMARTS) is 1. The number of nitrogens with one attached hydrogen (secondary N) is 1. The number of carbonyl (C=O) groups excluding carboxylic acids is 1. The van der Waals surface area contributed by atoms with Crippen molar-refractivity contribution in [1.29, 1.82) is 0 Å². The van der Waals surface area contributed by atoms with E-state index < -0.39 is 18.4 Å². The molecule has 0 unspecified atom stereocenters. The number of hydrogen-bond acceptors (Lipinski definition) is 3. The fraction of sp³-hybridized carbons (Fsp3) is 0.154. The Morgan fingerprint density at radius 2 is 2.05 bits per heavy atom. The number of carbonyl (C=O) groups is 2. The lowest BCUT2D eigenvalue weighted by molar-refractivity contribution is 0.0565. The highest BCUT2D eigenvalue weighted by Crippen LogP contribution is 2.11. The highest BCUT2D eigenvalue weighted by atomic mass is 19.3. The molecule has 0 saturated heterocycles. The molecular weight excluding hydrogens is 284 g/mol. The summed E-state index contributed by atoms with van der Waals surface area (Å²) in [6.07, 6.45) is 1.94. The highest BCUT2D eigenvalue weighted by molar-refractivity contribution is 5.94. The lowest BCUT2D eigenvalue weighted by Crippen LogP contribution is -2.23. The van der Waals surface area contributed by atoms with Crippen molar-refractivity contribution in [2.75, 3.05) is 0 Å². The van der Waals surface area contributed by atoms with Crippen molar-refractivity contribution in [3.05, 3.63) is 53.3 Å². The Morgan fingerprint density at radius 1 is 1.33 bits per heavy atom. The minimum Gasteiger partial charge on any atom is -0.478 e. The third kappa shape index (κ3) is 3.41. The monoisotopic (exact) mass is 295 g/mol. The van der Waals surface area contributed by atoms with Crippen LogP contribution in [0.5, 0.6) is 0 Å². The molecule has 110 valence electrons. The summed E-state index contributed by atoms with van der Waals surface area (Å²) in [6.45, 7) is -2.85. The summed E-state index contributed by atoms with van der Waals surface area (Å²) in [6, 6.07) is 6.19. The minimum absolute atomic E-state index is 0.0249. The standard InChI is InChI=1S/C13H11F2N3O3/c14-13(15)18-7-9(6-17-18)11(19)16-5-8-3-1-2-4-10(8)12(20)21/h1-4,6-7,13H,5H2,(H,16,19)(H,20,21). The molecule has 2 aromatic rings. The van der Waals surface area contributed by atoms with Crippen LogP contribution in [0.3, 0.4) is 0 Å². The Bertz CT molecular complexity index is 670. The molecule has 0 atom stereocenters. The van der Waals surface area contributed by atoms with Crippen LogP contribution in [0, 0.1) is 0 Å². The maximum Gasteiger partial charge on any atom is 0.336 e. The van der Waals surface area contributed by atoms with E-state index in [1.54, 1.807) is 18.2 Å². The summed E-state index contributed by atoms with van der Waals surface area (Å²) in [5, 5.41) is 14.8. The predicted octanol–water partition coefficient (Wildman–Crippen LogP) is 1.91. The van der Waals surface area contributed by atoms with Crippen molar-refractivity contribution >= 4 is 11.9 Å². The number of amides is 1. The van der Waals surface area contributed by atoms with Gasteiger partial charge in [0.25, 0.3) is 5.91 Å². The Balaban J connectivity index is 2.06. The summed E-state index contributed by atoms with van der Waals surface area (Å²) < 4.78 is 25.0. The summed E-state index contributed by atoms with van der Waals surface area (Å²) in [5.74, 6) is -1.72. The van der Waals surface area contributed by atoms with Crippen molar-refractivity contribution in [2.45, 2.75) is 13.1 Å². The quantitative estimate of drug-likeness (QED) is 0.882. The molecule has 21 heavy (non-hydrogen) atoms. The second kappa shape index (κ2) is 6.12. The molecule has 0 fully saturated rings. The summed E-state index contributed by atoms with van der Waals surface area (Å²) in [4.78, 5) is 22.8. The van der Waals surface area contributed by atoms with Crippen LogP contribution in [0.15, 0.2) is 36.7 Å². The van der Waals surface area contributed by atoms with Gasteiger partial charge in [-0.15, -0.1) is 0 Å². The molecule has 0 aliphatic heterocycles. The van der Waals surface area contributed by atoms with Crippen LogP contribution in [-0.2, 0) is 6.54 Å². The first-order valence-corrected chi connectivity index (χ1v) is 5.90. The highest BCUT2D eigenvalue weighted by Gasteiger charge is 2.14. The Kier molecular flexibility index (Phi) is 4.27. The molecule has 0 aliphatic carbocycles. The maximum absolute atomic E-state index is 12.3. The van der Waals surface area contributed by atoms with Crippen molar-refractivity contribution < 1.29 is 23.5 Å². The Hall–Kier alpha value is -2.77. The third-order valence-electron chi connectivity index (χ3n) is 2.75. The van der Waals surface area contributed by atoms with Crippen molar-refractivity contribution in [2.24, 2.45) is 0 Å². The average molecular weight is 295 g/mol. The molecule has 2 rings (SSSR count). The average Bonchev–Trinajstić information content (AvgIpc) is 2.95. The fourth-order valence-electron chi connectivity index (χ4n) is 1.72. The number of nitrogens with zero attached hydrogens (tertiary/aromatic N) is 2. The number of hydrogen-bond donors (Lipinski definition) is 2. The number of alkyl halides is 2. The molecular formula is C13H11F2N3O3. The minimum atomic E-state index is -2.82. The molecule has 8 heteroatoms. The van der Waals surface area contributed by atoms with Gasteiger partial charge >= 0.3 is 12.5 Å². The molecule has 0 bridgehead atoms. The molecule has 6 nitrogen and oxygen atoms in total. The maximum atomic E-state index is 12.3. The molecule has 0 aliphatic rings. The van der Waals surface area contributed by atoms with Crippen LogP contribution in [0.2, 0.25) is 0 Å². The van der Waals surface area contributed by atoms with Gasteiger partial charge in [0.05, 0.1) is 17.3 Å². The zero-order valence-corrected chi connectivity index (χ0v) is 10.7.